The number of carbonyl (C=O) groups is 1. The molecule has 0 radical (unpaired) electrons. The van der Waals surface area contributed by atoms with Gasteiger partial charge in [-0.15, -0.1) is 0 Å². The number of furan rings is 2. The monoisotopic (exact) mass is 307 g/mol. The third-order valence-electron chi connectivity index (χ3n) is 3.07. The Morgan fingerprint density at radius 1 is 1.00 bits per heavy atom. The zero-order valence-corrected chi connectivity index (χ0v) is 11.6. The van der Waals surface area contributed by atoms with E-state index < -0.39 is 5.97 Å². The summed E-state index contributed by atoms with van der Waals surface area (Å²) in [5, 5.41) is 18.9. The van der Waals surface area contributed by atoms with Crippen molar-refractivity contribution in [2.75, 3.05) is 0 Å². The van der Waals surface area contributed by atoms with Crippen LogP contribution in [0.2, 0.25) is 0 Å². The highest BCUT2D eigenvalue weighted by atomic mass is 16.4. The molecule has 7 nitrogen and oxygen atoms in total. The minimum absolute atomic E-state index is 0.0949. The van der Waals surface area contributed by atoms with Gasteiger partial charge in [-0.1, -0.05) is 0 Å². The fourth-order valence-electron chi connectivity index (χ4n) is 2.01. The van der Waals surface area contributed by atoms with E-state index in [-0.39, 0.29) is 5.56 Å². The summed E-state index contributed by atoms with van der Waals surface area (Å²) < 4.78 is 10.1. The highest BCUT2D eigenvalue weighted by molar-refractivity contribution is 6.00. The van der Waals surface area contributed by atoms with E-state index in [1.807, 2.05) is 6.07 Å². The molecule has 0 aliphatic carbocycles. The van der Waals surface area contributed by atoms with Crippen molar-refractivity contribution in [2.24, 2.45) is 0 Å². The lowest BCUT2D eigenvalue weighted by Crippen LogP contribution is -1.96. The molecule has 0 atom stereocenters. The van der Waals surface area contributed by atoms with E-state index in [4.69, 9.17) is 19.2 Å². The fraction of sp³-hybridized carbons (Fsp3) is 0. The van der Waals surface area contributed by atoms with Gasteiger partial charge in [-0.05, 0) is 12.1 Å². The zero-order valence-electron chi connectivity index (χ0n) is 11.6. The summed E-state index contributed by atoms with van der Waals surface area (Å²) in [4.78, 5) is 18.3. The summed E-state index contributed by atoms with van der Waals surface area (Å²) in [5.41, 5.74) is 1.56. The van der Waals surface area contributed by atoms with Crippen LogP contribution in [0.4, 0.5) is 0 Å². The summed E-state index contributed by atoms with van der Waals surface area (Å²) in [6, 6.07) is 5.46. The molecule has 112 valence electrons. The molecule has 0 unspecified atom stereocenters. The van der Waals surface area contributed by atoms with Gasteiger partial charge in [0, 0.05) is 35.6 Å². The molecule has 23 heavy (non-hydrogen) atoms. The molecule has 0 spiro atoms. The standard InChI is InChI=1S/C8H4N2O.C8H5NO3/c9-3-7-5-10-4-6-1-2-11-8(6)7;10-8(11)6-4-9-3-5-1-2-12-7(5)6/h1-2,4-5H;1-4H,(H,10,11). The molecule has 4 aromatic rings. The summed E-state index contributed by atoms with van der Waals surface area (Å²) in [5.74, 6) is -1.02. The Kier molecular flexibility index (Phi) is 3.72. The summed E-state index contributed by atoms with van der Waals surface area (Å²) in [6.45, 7) is 0. The van der Waals surface area contributed by atoms with Crippen molar-refractivity contribution in [1.82, 2.24) is 9.97 Å². The van der Waals surface area contributed by atoms with Crippen LogP contribution in [0, 0.1) is 11.3 Å². The largest absolute Gasteiger partial charge is 0.477 e. The number of hydrogen-bond acceptors (Lipinski definition) is 6. The number of nitriles is 1. The second-order valence-electron chi connectivity index (χ2n) is 4.47. The van der Waals surface area contributed by atoms with E-state index in [1.54, 1.807) is 30.8 Å². The van der Waals surface area contributed by atoms with Crippen LogP contribution in [0.5, 0.6) is 0 Å². The average Bonchev–Trinajstić information content (AvgIpc) is 3.23. The number of pyridine rings is 2. The lowest BCUT2D eigenvalue weighted by atomic mass is 10.2. The lowest BCUT2D eigenvalue weighted by molar-refractivity contribution is 0.0697. The number of carboxylic acids is 1. The first kappa shape index (κ1) is 14.3. The van der Waals surface area contributed by atoms with Crippen molar-refractivity contribution in [3.05, 3.63) is 60.6 Å². The van der Waals surface area contributed by atoms with Gasteiger partial charge in [-0.2, -0.15) is 5.26 Å². The van der Waals surface area contributed by atoms with Crippen LogP contribution in [-0.2, 0) is 0 Å². The Hall–Kier alpha value is -3.66. The topological polar surface area (TPSA) is 113 Å². The van der Waals surface area contributed by atoms with Gasteiger partial charge < -0.3 is 13.9 Å². The smallest absolute Gasteiger partial charge is 0.341 e. The van der Waals surface area contributed by atoms with Gasteiger partial charge in [0.1, 0.15) is 17.2 Å². The molecule has 7 heteroatoms. The second-order valence-corrected chi connectivity index (χ2v) is 4.47. The van der Waals surface area contributed by atoms with Gasteiger partial charge in [0.05, 0.1) is 12.5 Å². The Bertz CT molecular complexity index is 1030. The number of fused-ring (bicyclic) bond motifs is 2. The predicted octanol–water partition coefficient (Wildman–Crippen LogP) is 3.23. The SMILES string of the molecule is N#Cc1cncc2ccoc12.O=C(O)c1cncc2ccoc12. The van der Waals surface area contributed by atoms with E-state index in [0.717, 1.165) is 5.39 Å². The fourth-order valence-corrected chi connectivity index (χ4v) is 2.01. The van der Waals surface area contributed by atoms with Crippen LogP contribution in [-0.4, -0.2) is 21.0 Å². The Morgan fingerprint density at radius 2 is 1.61 bits per heavy atom. The van der Waals surface area contributed by atoms with Crippen LogP contribution in [0.3, 0.4) is 0 Å². The normalized spacial score (nSPS) is 10.0. The van der Waals surface area contributed by atoms with Crippen molar-refractivity contribution in [3.63, 3.8) is 0 Å². The van der Waals surface area contributed by atoms with Gasteiger partial charge in [0.15, 0.2) is 11.2 Å². The first-order chi connectivity index (χ1) is 11.2. The van der Waals surface area contributed by atoms with E-state index in [1.165, 1.54) is 18.7 Å². The molecule has 0 fully saturated rings. The van der Waals surface area contributed by atoms with Crippen LogP contribution >= 0.6 is 0 Å². The molecule has 0 aliphatic heterocycles. The molecule has 0 saturated carbocycles. The number of rotatable bonds is 1. The molecule has 4 heterocycles. The Morgan fingerprint density at radius 3 is 2.26 bits per heavy atom. The van der Waals surface area contributed by atoms with Gasteiger partial charge in [-0.25, -0.2) is 4.79 Å². The molecule has 0 aliphatic rings. The van der Waals surface area contributed by atoms with Crippen molar-refractivity contribution in [3.8, 4) is 6.07 Å². The third kappa shape index (κ3) is 2.73. The maximum atomic E-state index is 10.6. The molecular weight excluding hydrogens is 298 g/mol. The summed E-state index contributed by atoms with van der Waals surface area (Å²) >= 11 is 0. The number of aromatic nitrogens is 2. The van der Waals surface area contributed by atoms with Gasteiger partial charge >= 0.3 is 5.97 Å². The molecule has 0 bridgehead atoms. The summed E-state index contributed by atoms with van der Waals surface area (Å²) in [7, 11) is 0. The van der Waals surface area contributed by atoms with E-state index >= 15 is 0 Å². The molecule has 4 aromatic heterocycles. The molecule has 1 N–H and O–H groups in total. The maximum Gasteiger partial charge on any atom is 0.341 e. The first-order valence-electron chi connectivity index (χ1n) is 6.46. The number of aromatic carboxylic acids is 1. The van der Waals surface area contributed by atoms with Crippen molar-refractivity contribution < 1.29 is 18.7 Å². The number of nitrogens with zero attached hydrogens (tertiary/aromatic N) is 3. The van der Waals surface area contributed by atoms with Gasteiger partial charge in [0.2, 0.25) is 0 Å². The molecule has 0 aromatic carbocycles. The third-order valence-corrected chi connectivity index (χ3v) is 3.07. The Balaban J connectivity index is 0.000000136. The Labute approximate surface area is 129 Å². The number of carboxylic acid groups (broad SMARTS) is 1. The van der Waals surface area contributed by atoms with E-state index in [9.17, 15) is 4.79 Å². The highest BCUT2D eigenvalue weighted by Gasteiger charge is 2.10. The van der Waals surface area contributed by atoms with Crippen molar-refractivity contribution in [1.29, 1.82) is 5.26 Å². The average molecular weight is 307 g/mol. The van der Waals surface area contributed by atoms with Gasteiger partial charge in [0.25, 0.3) is 0 Å². The highest BCUT2D eigenvalue weighted by Crippen LogP contribution is 2.18. The lowest BCUT2D eigenvalue weighted by Gasteiger charge is -1.92. The van der Waals surface area contributed by atoms with Crippen LogP contribution in [0.25, 0.3) is 21.9 Å². The van der Waals surface area contributed by atoms with Crippen LogP contribution in [0.15, 0.2) is 58.3 Å². The first-order valence-corrected chi connectivity index (χ1v) is 6.46. The van der Waals surface area contributed by atoms with E-state index in [2.05, 4.69) is 9.97 Å². The van der Waals surface area contributed by atoms with Crippen molar-refractivity contribution in [2.45, 2.75) is 0 Å². The minimum atomic E-state index is -1.02. The quantitative estimate of drug-likeness (QED) is 0.574. The maximum absolute atomic E-state index is 10.6. The number of hydrogen-bond donors (Lipinski definition) is 1. The van der Waals surface area contributed by atoms with Crippen LogP contribution < -0.4 is 0 Å². The van der Waals surface area contributed by atoms with E-state index in [0.29, 0.717) is 22.1 Å². The zero-order chi connectivity index (χ0) is 16.2. The molecule has 0 saturated heterocycles. The van der Waals surface area contributed by atoms with Crippen LogP contribution in [0.1, 0.15) is 15.9 Å². The second kappa shape index (κ2) is 5.99. The molecular formula is C16H9N3O4. The summed E-state index contributed by atoms with van der Waals surface area (Å²) in [6.07, 6.45) is 8.98. The minimum Gasteiger partial charge on any atom is -0.477 e. The van der Waals surface area contributed by atoms with Crippen molar-refractivity contribution >= 4 is 27.9 Å². The predicted molar refractivity (Wildman–Crippen MR) is 79.7 cm³/mol. The molecule has 0 amide bonds. The van der Waals surface area contributed by atoms with Gasteiger partial charge in [-0.3, -0.25) is 9.97 Å². The molecule has 4 rings (SSSR count).